The number of hydrogen-bond donors (Lipinski definition) is 1. The van der Waals surface area contributed by atoms with Crippen LogP contribution in [-0.4, -0.2) is 15.5 Å². The minimum Gasteiger partial charge on any atom is -0.350 e. The van der Waals surface area contributed by atoms with Crippen molar-refractivity contribution in [2.24, 2.45) is 0 Å². The fourth-order valence-corrected chi connectivity index (χ4v) is 2.76. The van der Waals surface area contributed by atoms with Crippen LogP contribution in [0.2, 0.25) is 0 Å². The molecule has 2 aromatic heterocycles. The Morgan fingerprint density at radius 1 is 1.08 bits per heavy atom. The SMILES string of the molecule is CC(NC(=O)CCn1ccccc1=O)c1ccc(-c2cccnc2)cc1. The maximum atomic E-state index is 12.2. The molecule has 26 heavy (non-hydrogen) atoms. The predicted octanol–water partition coefficient (Wildman–Crippen LogP) is 3.18. The summed E-state index contributed by atoms with van der Waals surface area (Å²) < 4.78 is 1.53. The molecule has 0 saturated carbocycles. The van der Waals surface area contributed by atoms with Gasteiger partial charge in [-0.25, -0.2) is 0 Å². The van der Waals surface area contributed by atoms with Gasteiger partial charge in [-0.3, -0.25) is 14.6 Å². The second-order valence-corrected chi connectivity index (χ2v) is 6.14. The van der Waals surface area contributed by atoms with Gasteiger partial charge in [-0.05, 0) is 35.7 Å². The van der Waals surface area contributed by atoms with Gasteiger partial charge in [-0.15, -0.1) is 0 Å². The third kappa shape index (κ3) is 4.45. The maximum absolute atomic E-state index is 12.2. The molecule has 0 aliphatic carbocycles. The highest BCUT2D eigenvalue weighted by Crippen LogP contribution is 2.21. The van der Waals surface area contributed by atoms with E-state index < -0.39 is 0 Å². The molecule has 1 atom stereocenters. The molecule has 0 fully saturated rings. The highest BCUT2D eigenvalue weighted by atomic mass is 16.2. The molecule has 1 amide bonds. The highest BCUT2D eigenvalue weighted by Gasteiger charge is 2.10. The first-order valence-corrected chi connectivity index (χ1v) is 8.58. The van der Waals surface area contributed by atoms with E-state index in [4.69, 9.17) is 0 Å². The molecule has 0 aliphatic heterocycles. The van der Waals surface area contributed by atoms with Crippen molar-refractivity contribution in [3.63, 3.8) is 0 Å². The molecule has 5 nitrogen and oxygen atoms in total. The highest BCUT2D eigenvalue weighted by molar-refractivity contribution is 5.76. The summed E-state index contributed by atoms with van der Waals surface area (Å²) in [5.74, 6) is -0.0791. The van der Waals surface area contributed by atoms with Crippen LogP contribution in [-0.2, 0) is 11.3 Å². The first-order valence-electron chi connectivity index (χ1n) is 8.58. The zero-order valence-corrected chi connectivity index (χ0v) is 14.6. The minimum absolute atomic E-state index is 0.0791. The summed E-state index contributed by atoms with van der Waals surface area (Å²) in [6.45, 7) is 2.32. The molecule has 0 bridgehead atoms. The number of benzene rings is 1. The van der Waals surface area contributed by atoms with Crippen LogP contribution in [0.3, 0.4) is 0 Å². The van der Waals surface area contributed by atoms with Gasteiger partial charge in [0.2, 0.25) is 5.91 Å². The second-order valence-electron chi connectivity index (χ2n) is 6.14. The van der Waals surface area contributed by atoms with E-state index in [1.165, 1.54) is 10.6 Å². The van der Waals surface area contributed by atoms with Gasteiger partial charge in [0.1, 0.15) is 0 Å². The molecule has 3 rings (SSSR count). The van der Waals surface area contributed by atoms with E-state index in [-0.39, 0.29) is 23.9 Å². The average molecular weight is 347 g/mol. The van der Waals surface area contributed by atoms with Crippen LogP contribution < -0.4 is 10.9 Å². The van der Waals surface area contributed by atoms with Gasteiger partial charge in [-0.2, -0.15) is 0 Å². The van der Waals surface area contributed by atoms with E-state index in [2.05, 4.69) is 10.3 Å². The van der Waals surface area contributed by atoms with Crippen LogP contribution in [0.5, 0.6) is 0 Å². The Morgan fingerprint density at radius 2 is 1.88 bits per heavy atom. The van der Waals surface area contributed by atoms with Crippen LogP contribution in [0.25, 0.3) is 11.1 Å². The molecule has 5 heteroatoms. The number of pyridine rings is 2. The van der Waals surface area contributed by atoms with Gasteiger partial charge in [0.15, 0.2) is 0 Å². The van der Waals surface area contributed by atoms with Crippen molar-refractivity contribution in [1.29, 1.82) is 0 Å². The summed E-state index contributed by atoms with van der Waals surface area (Å²) in [5, 5.41) is 2.98. The second kappa shape index (κ2) is 8.25. The average Bonchev–Trinajstić information content (AvgIpc) is 2.68. The Labute approximate surface area is 152 Å². The number of nitrogens with one attached hydrogen (secondary N) is 1. The van der Waals surface area contributed by atoms with Crippen molar-refractivity contribution in [2.45, 2.75) is 25.9 Å². The Balaban J connectivity index is 1.57. The molecule has 0 saturated heterocycles. The van der Waals surface area contributed by atoms with Crippen molar-refractivity contribution in [3.8, 4) is 11.1 Å². The molecule has 2 heterocycles. The molecule has 0 spiro atoms. The van der Waals surface area contributed by atoms with Crippen LogP contribution in [0.1, 0.15) is 24.9 Å². The van der Waals surface area contributed by atoms with Crippen molar-refractivity contribution < 1.29 is 4.79 Å². The van der Waals surface area contributed by atoms with Crippen molar-refractivity contribution in [2.75, 3.05) is 0 Å². The summed E-state index contributed by atoms with van der Waals surface area (Å²) in [4.78, 5) is 27.9. The minimum atomic E-state index is -0.0991. The zero-order chi connectivity index (χ0) is 18.4. The number of carbonyl (C=O) groups is 1. The summed E-state index contributed by atoms with van der Waals surface area (Å²) >= 11 is 0. The standard InChI is InChI=1S/C21H21N3O2/c1-16(23-20(25)11-14-24-13-3-2-6-21(24)26)17-7-9-18(10-8-17)19-5-4-12-22-15-19/h2-10,12-13,15-16H,11,14H2,1H3,(H,23,25). The molecular formula is C21H21N3O2. The van der Waals surface area contributed by atoms with E-state index in [0.717, 1.165) is 16.7 Å². The van der Waals surface area contributed by atoms with Crippen LogP contribution in [0.15, 0.2) is 78.0 Å². The number of carbonyl (C=O) groups excluding carboxylic acids is 1. The fraction of sp³-hybridized carbons (Fsp3) is 0.190. The molecule has 132 valence electrons. The van der Waals surface area contributed by atoms with E-state index in [9.17, 15) is 9.59 Å². The number of amides is 1. The molecule has 0 radical (unpaired) electrons. The maximum Gasteiger partial charge on any atom is 0.250 e. The molecule has 1 unspecified atom stereocenters. The van der Waals surface area contributed by atoms with Gasteiger partial charge in [0.05, 0.1) is 6.04 Å². The lowest BCUT2D eigenvalue weighted by Gasteiger charge is -2.15. The van der Waals surface area contributed by atoms with Crippen LogP contribution in [0.4, 0.5) is 0 Å². The largest absolute Gasteiger partial charge is 0.350 e. The summed E-state index contributed by atoms with van der Waals surface area (Å²) in [6.07, 6.45) is 5.53. The summed E-state index contributed by atoms with van der Waals surface area (Å²) in [7, 11) is 0. The van der Waals surface area contributed by atoms with E-state index >= 15 is 0 Å². The first-order chi connectivity index (χ1) is 12.6. The van der Waals surface area contributed by atoms with Crippen molar-refractivity contribution in [3.05, 3.63) is 89.1 Å². The fourth-order valence-electron chi connectivity index (χ4n) is 2.76. The predicted molar refractivity (Wildman–Crippen MR) is 102 cm³/mol. The number of hydrogen-bond acceptors (Lipinski definition) is 3. The normalized spacial score (nSPS) is 11.7. The van der Waals surface area contributed by atoms with Crippen LogP contribution in [0, 0.1) is 0 Å². The number of nitrogens with zero attached hydrogens (tertiary/aromatic N) is 2. The van der Waals surface area contributed by atoms with Crippen molar-refractivity contribution >= 4 is 5.91 Å². The van der Waals surface area contributed by atoms with E-state index in [0.29, 0.717) is 6.54 Å². The smallest absolute Gasteiger partial charge is 0.250 e. The molecular weight excluding hydrogens is 326 g/mol. The molecule has 0 aliphatic rings. The van der Waals surface area contributed by atoms with E-state index in [1.807, 2.05) is 49.5 Å². The first kappa shape index (κ1) is 17.6. The van der Waals surface area contributed by atoms with Gasteiger partial charge in [-0.1, -0.05) is 36.4 Å². The van der Waals surface area contributed by atoms with Gasteiger partial charge < -0.3 is 9.88 Å². The summed E-state index contributed by atoms with van der Waals surface area (Å²) in [6, 6.07) is 16.9. The lowest BCUT2D eigenvalue weighted by Crippen LogP contribution is -2.29. The number of aromatic nitrogens is 2. The van der Waals surface area contributed by atoms with Gasteiger partial charge in [0.25, 0.3) is 5.56 Å². The topological polar surface area (TPSA) is 64.0 Å². The lowest BCUT2D eigenvalue weighted by molar-refractivity contribution is -0.121. The Kier molecular flexibility index (Phi) is 5.59. The van der Waals surface area contributed by atoms with E-state index in [1.54, 1.807) is 24.5 Å². The number of rotatable bonds is 6. The third-order valence-corrected chi connectivity index (χ3v) is 4.26. The lowest BCUT2D eigenvalue weighted by atomic mass is 10.0. The Morgan fingerprint density at radius 3 is 2.58 bits per heavy atom. The van der Waals surface area contributed by atoms with Crippen molar-refractivity contribution in [1.82, 2.24) is 14.9 Å². The van der Waals surface area contributed by atoms with Gasteiger partial charge >= 0.3 is 0 Å². The Bertz CT molecular complexity index is 918. The Hall–Kier alpha value is -3.21. The molecule has 1 N–H and O–H groups in total. The monoisotopic (exact) mass is 347 g/mol. The zero-order valence-electron chi connectivity index (χ0n) is 14.6. The number of aryl methyl sites for hydroxylation is 1. The molecule has 1 aromatic carbocycles. The van der Waals surface area contributed by atoms with Crippen LogP contribution >= 0.6 is 0 Å². The summed E-state index contributed by atoms with van der Waals surface area (Å²) in [5.41, 5.74) is 3.08. The molecule has 3 aromatic rings. The quantitative estimate of drug-likeness (QED) is 0.745. The third-order valence-electron chi connectivity index (χ3n) is 4.26. The van der Waals surface area contributed by atoms with Gasteiger partial charge in [0, 0.05) is 37.6 Å².